The number of aromatic nitrogens is 2. The Morgan fingerprint density at radius 1 is 1.25 bits per heavy atom. The molecule has 0 aromatic carbocycles. The molecule has 1 aromatic heterocycles. The lowest BCUT2D eigenvalue weighted by Gasteiger charge is -2.31. The molecule has 0 fully saturated rings. The molecule has 1 aromatic rings. The quantitative estimate of drug-likeness (QED) is 0.819. The highest BCUT2D eigenvalue weighted by Crippen LogP contribution is 2.18. The number of nitrogens with one attached hydrogen (secondary N) is 1. The summed E-state index contributed by atoms with van der Waals surface area (Å²) in [5, 5.41) is 3.34. The predicted molar refractivity (Wildman–Crippen MR) is 67.5 cm³/mol. The van der Waals surface area contributed by atoms with Crippen molar-refractivity contribution in [3.05, 3.63) is 18.1 Å². The Labute approximate surface area is 97.7 Å². The van der Waals surface area contributed by atoms with E-state index in [0.29, 0.717) is 5.92 Å². The molecular formula is C12H22N4. The second-order valence-electron chi connectivity index (χ2n) is 5.12. The van der Waals surface area contributed by atoms with Crippen molar-refractivity contribution in [2.45, 2.75) is 52.1 Å². The molecule has 3 N–H and O–H groups in total. The molecule has 1 unspecified atom stereocenters. The first-order valence-electron chi connectivity index (χ1n) is 5.68. The van der Waals surface area contributed by atoms with Crippen molar-refractivity contribution in [3.63, 3.8) is 0 Å². The van der Waals surface area contributed by atoms with E-state index in [-0.39, 0.29) is 11.6 Å². The fourth-order valence-electron chi connectivity index (χ4n) is 1.20. The second-order valence-corrected chi connectivity index (χ2v) is 5.12. The Hall–Kier alpha value is -1.16. The second kappa shape index (κ2) is 4.78. The first-order valence-corrected chi connectivity index (χ1v) is 5.68. The van der Waals surface area contributed by atoms with E-state index in [1.54, 1.807) is 6.33 Å². The van der Waals surface area contributed by atoms with Gasteiger partial charge in [0, 0.05) is 23.3 Å². The molecule has 0 radical (unpaired) electrons. The first kappa shape index (κ1) is 12.9. The smallest absolute Gasteiger partial charge is 0.130 e. The van der Waals surface area contributed by atoms with E-state index in [2.05, 4.69) is 43.0 Å². The highest BCUT2D eigenvalue weighted by atomic mass is 15.1. The Bertz CT molecular complexity index is 345. The molecule has 4 heteroatoms. The van der Waals surface area contributed by atoms with E-state index in [1.807, 2.05) is 13.0 Å². The number of anilines is 1. The summed E-state index contributed by atoms with van der Waals surface area (Å²) in [4.78, 5) is 8.44. The minimum Gasteiger partial charge on any atom is -0.364 e. The third-order valence-corrected chi connectivity index (χ3v) is 2.87. The van der Waals surface area contributed by atoms with E-state index >= 15 is 0 Å². The Morgan fingerprint density at radius 3 is 2.38 bits per heavy atom. The molecule has 0 bridgehead atoms. The van der Waals surface area contributed by atoms with Crippen LogP contribution in [0.2, 0.25) is 0 Å². The van der Waals surface area contributed by atoms with Crippen molar-refractivity contribution in [1.82, 2.24) is 9.97 Å². The van der Waals surface area contributed by atoms with Gasteiger partial charge in [0.1, 0.15) is 12.1 Å². The summed E-state index contributed by atoms with van der Waals surface area (Å²) in [6.07, 6.45) is 1.59. The van der Waals surface area contributed by atoms with Gasteiger partial charge in [-0.2, -0.15) is 0 Å². The summed E-state index contributed by atoms with van der Waals surface area (Å²) >= 11 is 0. The van der Waals surface area contributed by atoms with Crippen molar-refractivity contribution in [1.29, 1.82) is 0 Å². The molecule has 1 rings (SSSR count). The van der Waals surface area contributed by atoms with Gasteiger partial charge in [0.15, 0.2) is 0 Å². The van der Waals surface area contributed by atoms with Crippen LogP contribution in [0.5, 0.6) is 0 Å². The van der Waals surface area contributed by atoms with Crippen molar-refractivity contribution >= 4 is 5.82 Å². The van der Waals surface area contributed by atoms with Crippen LogP contribution in [0.4, 0.5) is 5.82 Å². The summed E-state index contributed by atoms with van der Waals surface area (Å²) in [6.45, 7) is 10.3. The van der Waals surface area contributed by atoms with Crippen LogP contribution in [-0.4, -0.2) is 21.5 Å². The molecule has 0 saturated carbocycles. The summed E-state index contributed by atoms with van der Waals surface area (Å²) in [5.74, 6) is 1.24. The molecule has 1 heterocycles. The van der Waals surface area contributed by atoms with E-state index in [1.165, 1.54) is 0 Å². The summed E-state index contributed by atoms with van der Waals surface area (Å²) in [6, 6.07) is 2.03. The zero-order valence-electron chi connectivity index (χ0n) is 10.8. The standard InChI is InChI=1S/C12H22N4/c1-8(2)10-6-11(15-7-14-10)16-12(4,5)9(3)13/h6-9H,13H2,1-5H3,(H,14,15,16). The lowest BCUT2D eigenvalue weighted by molar-refractivity contribution is 0.469. The molecule has 1 atom stereocenters. The van der Waals surface area contributed by atoms with Crippen LogP contribution in [-0.2, 0) is 0 Å². The molecule has 90 valence electrons. The van der Waals surface area contributed by atoms with Gasteiger partial charge in [-0.3, -0.25) is 0 Å². The zero-order valence-corrected chi connectivity index (χ0v) is 10.8. The van der Waals surface area contributed by atoms with Gasteiger partial charge in [-0.25, -0.2) is 9.97 Å². The van der Waals surface area contributed by atoms with E-state index in [0.717, 1.165) is 11.5 Å². The predicted octanol–water partition coefficient (Wildman–Crippen LogP) is 2.14. The van der Waals surface area contributed by atoms with Crippen LogP contribution in [0.3, 0.4) is 0 Å². The van der Waals surface area contributed by atoms with Crippen LogP contribution < -0.4 is 11.1 Å². The van der Waals surface area contributed by atoms with Crippen molar-refractivity contribution in [3.8, 4) is 0 Å². The number of rotatable bonds is 4. The maximum Gasteiger partial charge on any atom is 0.130 e. The molecule has 0 aliphatic carbocycles. The number of hydrogen-bond donors (Lipinski definition) is 2. The molecular weight excluding hydrogens is 200 g/mol. The van der Waals surface area contributed by atoms with Gasteiger partial charge < -0.3 is 11.1 Å². The average molecular weight is 222 g/mol. The monoisotopic (exact) mass is 222 g/mol. The summed E-state index contributed by atoms with van der Waals surface area (Å²) < 4.78 is 0. The van der Waals surface area contributed by atoms with Crippen LogP contribution in [0.15, 0.2) is 12.4 Å². The van der Waals surface area contributed by atoms with E-state index < -0.39 is 0 Å². The number of nitrogens with zero attached hydrogens (tertiary/aromatic N) is 2. The molecule has 0 spiro atoms. The van der Waals surface area contributed by atoms with Crippen molar-refractivity contribution in [2.24, 2.45) is 5.73 Å². The molecule has 0 aliphatic rings. The SMILES string of the molecule is CC(C)c1cc(NC(C)(C)C(C)N)ncn1. The lowest BCUT2D eigenvalue weighted by atomic mass is 9.97. The maximum absolute atomic E-state index is 5.91. The average Bonchev–Trinajstić information content (AvgIpc) is 2.17. The van der Waals surface area contributed by atoms with Crippen LogP contribution in [0.25, 0.3) is 0 Å². The number of nitrogens with two attached hydrogens (primary N) is 1. The van der Waals surface area contributed by atoms with E-state index in [9.17, 15) is 0 Å². The molecule has 0 aliphatic heterocycles. The summed E-state index contributed by atoms with van der Waals surface area (Å²) in [5.41, 5.74) is 6.77. The Balaban J connectivity index is 2.86. The van der Waals surface area contributed by atoms with Gasteiger partial charge in [-0.1, -0.05) is 13.8 Å². The van der Waals surface area contributed by atoms with Crippen LogP contribution in [0, 0.1) is 0 Å². The first-order chi connectivity index (χ1) is 7.33. The minimum absolute atomic E-state index is 0.0463. The Morgan fingerprint density at radius 2 is 1.88 bits per heavy atom. The van der Waals surface area contributed by atoms with Crippen LogP contribution in [0.1, 0.15) is 46.2 Å². The highest BCUT2D eigenvalue weighted by Gasteiger charge is 2.22. The number of hydrogen-bond acceptors (Lipinski definition) is 4. The molecule has 16 heavy (non-hydrogen) atoms. The molecule has 0 amide bonds. The normalized spacial score (nSPS) is 13.9. The van der Waals surface area contributed by atoms with Gasteiger partial charge in [0.05, 0.1) is 0 Å². The third kappa shape index (κ3) is 3.17. The maximum atomic E-state index is 5.91. The topological polar surface area (TPSA) is 63.8 Å². The fraction of sp³-hybridized carbons (Fsp3) is 0.667. The van der Waals surface area contributed by atoms with Crippen molar-refractivity contribution in [2.75, 3.05) is 5.32 Å². The lowest BCUT2D eigenvalue weighted by Crippen LogP contribution is -2.47. The fourth-order valence-corrected chi connectivity index (χ4v) is 1.20. The highest BCUT2D eigenvalue weighted by molar-refractivity contribution is 5.38. The largest absolute Gasteiger partial charge is 0.364 e. The summed E-state index contributed by atoms with van der Waals surface area (Å²) in [7, 11) is 0. The van der Waals surface area contributed by atoms with E-state index in [4.69, 9.17) is 5.73 Å². The Kier molecular flexibility index (Phi) is 3.86. The zero-order chi connectivity index (χ0) is 12.3. The van der Waals surface area contributed by atoms with Gasteiger partial charge in [0.25, 0.3) is 0 Å². The van der Waals surface area contributed by atoms with Gasteiger partial charge in [0.2, 0.25) is 0 Å². The van der Waals surface area contributed by atoms with Gasteiger partial charge >= 0.3 is 0 Å². The minimum atomic E-state index is -0.178. The van der Waals surface area contributed by atoms with Gasteiger partial charge in [-0.05, 0) is 26.7 Å². The molecule has 0 saturated heterocycles. The van der Waals surface area contributed by atoms with Crippen LogP contribution >= 0.6 is 0 Å². The van der Waals surface area contributed by atoms with Crippen molar-refractivity contribution < 1.29 is 0 Å². The van der Waals surface area contributed by atoms with Gasteiger partial charge in [-0.15, -0.1) is 0 Å². The molecule has 4 nitrogen and oxygen atoms in total. The third-order valence-electron chi connectivity index (χ3n) is 2.87.